The average molecular weight is 250 g/mol. The van der Waals surface area contributed by atoms with Gasteiger partial charge in [0.2, 0.25) is 0 Å². The van der Waals surface area contributed by atoms with Crippen molar-refractivity contribution in [3.63, 3.8) is 0 Å². The van der Waals surface area contributed by atoms with Crippen LogP contribution in [0.4, 0.5) is 0 Å². The molecule has 1 heterocycles. The number of nitrogens with one attached hydrogen (secondary N) is 1. The third kappa shape index (κ3) is 2.63. The van der Waals surface area contributed by atoms with Crippen LogP contribution in [0.5, 0.6) is 0 Å². The molecule has 0 aliphatic rings. The standard InChI is InChI=1S/C13H18N2O3/c1-15(2)11(4-3-7-16)9-5-6-10-12(8-9)18-13(17)14-10/h5-6,8,11,16H,3-4,7H2,1-2H3,(H,14,17). The summed E-state index contributed by atoms with van der Waals surface area (Å²) < 4.78 is 5.06. The minimum atomic E-state index is -0.432. The Kier molecular flexibility index (Phi) is 3.84. The van der Waals surface area contributed by atoms with E-state index in [9.17, 15) is 4.79 Å². The summed E-state index contributed by atoms with van der Waals surface area (Å²) >= 11 is 0. The lowest BCUT2D eigenvalue weighted by Gasteiger charge is -2.24. The van der Waals surface area contributed by atoms with Gasteiger partial charge in [0.25, 0.3) is 0 Å². The summed E-state index contributed by atoms with van der Waals surface area (Å²) in [5.41, 5.74) is 2.38. The Morgan fingerprint density at radius 2 is 2.22 bits per heavy atom. The van der Waals surface area contributed by atoms with E-state index in [1.807, 2.05) is 32.3 Å². The first-order valence-electron chi connectivity index (χ1n) is 6.02. The minimum absolute atomic E-state index is 0.186. The Morgan fingerprint density at radius 1 is 1.44 bits per heavy atom. The van der Waals surface area contributed by atoms with Crippen LogP contribution in [0.2, 0.25) is 0 Å². The monoisotopic (exact) mass is 250 g/mol. The van der Waals surface area contributed by atoms with Gasteiger partial charge in [-0.3, -0.25) is 4.98 Å². The van der Waals surface area contributed by atoms with Gasteiger partial charge in [0.15, 0.2) is 5.58 Å². The summed E-state index contributed by atoms with van der Waals surface area (Å²) in [6.45, 7) is 0.186. The molecule has 0 saturated heterocycles. The van der Waals surface area contributed by atoms with Crippen LogP contribution >= 0.6 is 0 Å². The van der Waals surface area contributed by atoms with Crippen molar-refractivity contribution in [2.45, 2.75) is 18.9 Å². The summed E-state index contributed by atoms with van der Waals surface area (Å²) in [4.78, 5) is 15.8. The summed E-state index contributed by atoms with van der Waals surface area (Å²) in [6, 6.07) is 5.93. The maximum atomic E-state index is 11.1. The number of rotatable bonds is 5. The van der Waals surface area contributed by atoms with E-state index in [2.05, 4.69) is 9.88 Å². The van der Waals surface area contributed by atoms with Crippen LogP contribution in [-0.4, -0.2) is 35.7 Å². The third-order valence-corrected chi connectivity index (χ3v) is 3.09. The molecule has 2 N–H and O–H groups in total. The van der Waals surface area contributed by atoms with Gasteiger partial charge in [-0.1, -0.05) is 6.07 Å². The molecule has 0 amide bonds. The highest BCUT2D eigenvalue weighted by Crippen LogP contribution is 2.25. The van der Waals surface area contributed by atoms with Gasteiger partial charge in [0, 0.05) is 12.6 Å². The van der Waals surface area contributed by atoms with Crippen molar-refractivity contribution in [3.8, 4) is 0 Å². The molecule has 1 unspecified atom stereocenters. The lowest BCUT2D eigenvalue weighted by molar-refractivity contribution is 0.235. The van der Waals surface area contributed by atoms with Crippen LogP contribution in [0.25, 0.3) is 11.1 Å². The fourth-order valence-electron chi connectivity index (χ4n) is 2.18. The minimum Gasteiger partial charge on any atom is -0.408 e. The van der Waals surface area contributed by atoms with Crippen molar-refractivity contribution < 1.29 is 9.52 Å². The van der Waals surface area contributed by atoms with E-state index in [1.54, 1.807) is 0 Å². The number of oxazole rings is 1. The number of aliphatic hydroxyl groups excluding tert-OH is 1. The number of H-pyrrole nitrogens is 1. The van der Waals surface area contributed by atoms with E-state index >= 15 is 0 Å². The van der Waals surface area contributed by atoms with Gasteiger partial charge in [-0.05, 0) is 44.6 Å². The Morgan fingerprint density at radius 3 is 2.89 bits per heavy atom. The van der Waals surface area contributed by atoms with Crippen molar-refractivity contribution in [1.29, 1.82) is 0 Å². The molecular formula is C13H18N2O3. The van der Waals surface area contributed by atoms with Crippen LogP contribution < -0.4 is 5.76 Å². The Balaban J connectivity index is 2.34. The van der Waals surface area contributed by atoms with Gasteiger partial charge in [0.1, 0.15) is 0 Å². The zero-order chi connectivity index (χ0) is 13.1. The number of aliphatic hydroxyl groups is 1. The summed E-state index contributed by atoms with van der Waals surface area (Å²) in [5.74, 6) is -0.432. The molecule has 2 aromatic rings. The molecule has 5 nitrogen and oxygen atoms in total. The summed E-state index contributed by atoms with van der Waals surface area (Å²) in [5, 5.41) is 8.94. The lowest BCUT2D eigenvalue weighted by Crippen LogP contribution is -2.20. The normalized spacial score (nSPS) is 13.3. The number of nitrogens with zero attached hydrogens (tertiary/aromatic N) is 1. The molecule has 98 valence electrons. The molecule has 1 aromatic heterocycles. The quantitative estimate of drug-likeness (QED) is 0.843. The first-order valence-corrected chi connectivity index (χ1v) is 6.02. The molecule has 0 saturated carbocycles. The van der Waals surface area contributed by atoms with E-state index in [0.29, 0.717) is 11.1 Å². The van der Waals surface area contributed by atoms with Crippen molar-refractivity contribution in [1.82, 2.24) is 9.88 Å². The smallest absolute Gasteiger partial charge is 0.408 e. The van der Waals surface area contributed by atoms with E-state index in [0.717, 1.165) is 18.4 Å². The van der Waals surface area contributed by atoms with Crippen LogP contribution in [-0.2, 0) is 0 Å². The van der Waals surface area contributed by atoms with Gasteiger partial charge >= 0.3 is 5.76 Å². The Bertz CT molecular complexity index is 571. The van der Waals surface area contributed by atoms with Crippen molar-refractivity contribution in [2.24, 2.45) is 0 Å². The van der Waals surface area contributed by atoms with Gasteiger partial charge < -0.3 is 14.4 Å². The van der Waals surface area contributed by atoms with Crippen molar-refractivity contribution in [3.05, 3.63) is 34.3 Å². The second-order valence-electron chi connectivity index (χ2n) is 4.62. The molecule has 1 atom stereocenters. The van der Waals surface area contributed by atoms with Crippen LogP contribution in [0.1, 0.15) is 24.4 Å². The highest BCUT2D eigenvalue weighted by Gasteiger charge is 2.15. The maximum absolute atomic E-state index is 11.1. The number of hydrogen-bond acceptors (Lipinski definition) is 4. The molecule has 5 heteroatoms. The molecule has 1 aromatic carbocycles. The zero-order valence-corrected chi connectivity index (χ0v) is 10.6. The van der Waals surface area contributed by atoms with Gasteiger partial charge in [0.05, 0.1) is 5.52 Å². The number of benzene rings is 1. The molecular weight excluding hydrogens is 232 g/mol. The van der Waals surface area contributed by atoms with Gasteiger partial charge in [-0.2, -0.15) is 0 Å². The fourth-order valence-corrected chi connectivity index (χ4v) is 2.18. The highest BCUT2D eigenvalue weighted by molar-refractivity contribution is 5.72. The topological polar surface area (TPSA) is 69.5 Å². The molecule has 18 heavy (non-hydrogen) atoms. The predicted molar refractivity (Wildman–Crippen MR) is 69.6 cm³/mol. The third-order valence-electron chi connectivity index (χ3n) is 3.09. The van der Waals surface area contributed by atoms with Gasteiger partial charge in [-0.15, -0.1) is 0 Å². The lowest BCUT2D eigenvalue weighted by atomic mass is 10.0. The van der Waals surface area contributed by atoms with Gasteiger partial charge in [-0.25, -0.2) is 4.79 Å². The predicted octanol–water partition coefficient (Wildman–Crippen LogP) is 1.50. The molecule has 0 aliphatic carbocycles. The second-order valence-corrected chi connectivity index (χ2v) is 4.62. The molecule has 0 radical (unpaired) electrons. The number of aromatic amines is 1. The molecule has 0 spiro atoms. The van der Waals surface area contributed by atoms with Crippen molar-refractivity contribution in [2.75, 3.05) is 20.7 Å². The van der Waals surface area contributed by atoms with E-state index in [4.69, 9.17) is 9.52 Å². The summed E-state index contributed by atoms with van der Waals surface area (Å²) in [7, 11) is 4.00. The molecule has 2 rings (SSSR count). The van der Waals surface area contributed by atoms with Crippen LogP contribution in [0.3, 0.4) is 0 Å². The molecule has 0 aliphatic heterocycles. The maximum Gasteiger partial charge on any atom is 0.417 e. The number of fused-ring (bicyclic) bond motifs is 1. The first-order chi connectivity index (χ1) is 8.61. The second kappa shape index (κ2) is 5.37. The van der Waals surface area contributed by atoms with E-state index in [1.165, 1.54) is 0 Å². The van der Waals surface area contributed by atoms with Crippen LogP contribution in [0, 0.1) is 0 Å². The summed E-state index contributed by atoms with van der Waals surface area (Å²) in [6.07, 6.45) is 1.61. The molecule has 0 bridgehead atoms. The van der Waals surface area contributed by atoms with Crippen LogP contribution in [0.15, 0.2) is 27.4 Å². The SMILES string of the molecule is CN(C)C(CCCO)c1ccc2[nH]c(=O)oc2c1. The first kappa shape index (κ1) is 12.9. The Hall–Kier alpha value is -1.59. The fraction of sp³-hybridized carbons (Fsp3) is 0.462. The van der Waals surface area contributed by atoms with E-state index < -0.39 is 5.76 Å². The zero-order valence-electron chi connectivity index (χ0n) is 10.6. The number of aromatic nitrogens is 1. The largest absolute Gasteiger partial charge is 0.417 e. The van der Waals surface area contributed by atoms with E-state index in [-0.39, 0.29) is 12.6 Å². The van der Waals surface area contributed by atoms with Crippen molar-refractivity contribution >= 4 is 11.1 Å². The Labute approximate surface area is 105 Å². The molecule has 0 fully saturated rings. The number of hydrogen-bond donors (Lipinski definition) is 2. The highest BCUT2D eigenvalue weighted by atomic mass is 16.4. The average Bonchev–Trinajstić information content (AvgIpc) is 2.68.